The van der Waals surface area contributed by atoms with Crippen LogP contribution in [0.2, 0.25) is 0 Å². The van der Waals surface area contributed by atoms with Gasteiger partial charge in [-0.3, -0.25) is 9.89 Å². The molecule has 3 aromatic rings. The van der Waals surface area contributed by atoms with Crippen molar-refractivity contribution in [3.63, 3.8) is 0 Å². The summed E-state index contributed by atoms with van der Waals surface area (Å²) in [6.07, 6.45) is 3.49. The Bertz CT molecular complexity index is 1080. The fourth-order valence-corrected chi connectivity index (χ4v) is 2.87. The first-order valence-corrected chi connectivity index (χ1v) is 9.90. The van der Waals surface area contributed by atoms with Crippen LogP contribution in [0, 0.1) is 11.3 Å². The molecule has 1 aromatic carbocycles. The molecule has 0 saturated heterocycles. The highest BCUT2D eigenvalue weighted by molar-refractivity contribution is 5.78. The molecule has 32 heavy (non-hydrogen) atoms. The van der Waals surface area contributed by atoms with Crippen molar-refractivity contribution in [3.8, 4) is 28.8 Å². The summed E-state index contributed by atoms with van der Waals surface area (Å²) in [5.41, 5.74) is 1.64. The first-order chi connectivity index (χ1) is 15.6. The molecule has 0 unspecified atom stereocenters. The Morgan fingerprint density at radius 1 is 1.22 bits per heavy atom. The molecule has 11 nitrogen and oxygen atoms in total. The predicted octanol–water partition coefficient (Wildman–Crippen LogP) is 1.60. The van der Waals surface area contributed by atoms with Gasteiger partial charge in [0.2, 0.25) is 5.91 Å². The summed E-state index contributed by atoms with van der Waals surface area (Å²) in [5, 5.41) is 24.7. The van der Waals surface area contributed by atoms with Crippen molar-refractivity contribution in [3.05, 3.63) is 42.4 Å². The van der Waals surface area contributed by atoms with Crippen molar-refractivity contribution in [1.82, 2.24) is 30.8 Å². The van der Waals surface area contributed by atoms with Crippen LogP contribution in [0.1, 0.15) is 12.1 Å². The number of ether oxygens (including phenoxy) is 2. The Kier molecular flexibility index (Phi) is 7.94. The molecule has 0 radical (unpaired) electrons. The molecule has 0 bridgehead atoms. The first-order valence-electron chi connectivity index (χ1n) is 9.90. The molecule has 0 aliphatic rings. The van der Waals surface area contributed by atoms with Crippen LogP contribution >= 0.6 is 0 Å². The van der Waals surface area contributed by atoms with Gasteiger partial charge in [-0.25, -0.2) is 9.97 Å². The lowest BCUT2D eigenvalue weighted by atomic mass is 10.1. The summed E-state index contributed by atoms with van der Waals surface area (Å²) in [5.74, 6) is 2.17. The highest BCUT2D eigenvalue weighted by Crippen LogP contribution is 2.38. The van der Waals surface area contributed by atoms with E-state index in [9.17, 15) is 4.79 Å². The third kappa shape index (κ3) is 5.93. The van der Waals surface area contributed by atoms with E-state index in [4.69, 9.17) is 14.7 Å². The average molecular weight is 436 g/mol. The molecular weight excluding hydrogens is 412 g/mol. The molecule has 11 heteroatoms. The number of hydrogen-bond donors (Lipinski definition) is 4. The SMILES string of the molecule is CNCC(=O)NCCCOc1cccc(OC)c1-c1cc(Nc2cnc(C#N)cn2)n[nH]1. The van der Waals surface area contributed by atoms with Crippen LogP contribution in [0.3, 0.4) is 0 Å². The molecule has 0 aliphatic carbocycles. The van der Waals surface area contributed by atoms with E-state index >= 15 is 0 Å². The Morgan fingerprint density at radius 3 is 2.78 bits per heavy atom. The van der Waals surface area contributed by atoms with Gasteiger partial charge in [0.15, 0.2) is 11.5 Å². The zero-order chi connectivity index (χ0) is 22.8. The average Bonchev–Trinajstić information content (AvgIpc) is 3.27. The number of anilines is 2. The summed E-state index contributed by atoms with van der Waals surface area (Å²) in [7, 11) is 3.31. The minimum atomic E-state index is -0.0565. The van der Waals surface area contributed by atoms with E-state index in [0.717, 1.165) is 5.56 Å². The summed E-state index contributed by atoms with van der Waals surface area (Å²) in [4.78, 5) is 19.6. The Balaban J connectivity index is 1.68. The van der Waals surface area contributed by atoms with E-state index in [1.807, 2.05) is 24.3 Å². The molecule has 2 heterocycles. The zero-order valence-electron chi connectivity index (χ0n) is 17.8. The predicted molar refractivity (Wildman–Crippen MR) is 118 cm³/mol. The molecule has 0 aliphatic heterocycles. The third-order valence-electron chi connectivity index (χ3n) is 4.32. The number of methoxy groups -OCH3 is 1. The van der Waals surface area contributed by atoms with E-state index in [-0.39, 0.29) is 18.1 Å². The van der Waals surface area contributed by atoms with Crippen molar-refractivity contribution in [2.45, 2.75) is 6.42 Å². The second-order valence-electron chi connectivity index (χ2n) is 6.61. The number of aromatic nitrogens is 4. The van der Waals surface area contributed by atoms with E-state index in [1.165, 1.54) is 12.4 Å². The van der Waals surface area contributed by atoms with E-state index in [0.29, 0.717) is 48.4 Å². The number of nitriles is 1. The second kappa shape index (κ2) is 11.3. The van der Waals surface area contributed by atoms with Gasteiger partial charge in [-0.2, -0.15) is 10.4 Å². The topological polar surface area (TPSA) is 150 Å². The number of nitrogens with zero attached hydrogens (tertiary/aromatic N) is 4. The van der Waals surface area contributed by atoms with Crippen LogP contribution in [0.4, 0.5) is 11.6 Å². The molecule has 2 aromatic heterocycles. The van der Waals surface area contributed by atoms with Gasteiger partial charge < -0.3 is 25.4 Å². The van der Waals surface area contributed by atoms with Crippen molar-refractivity contribution < 1.29 is 14.3 Å². The normalized spacial score (nSPS) is 10.3. The molecule has 0 spiro atoms. The van der Waals surface area contributed by atoms with Crippen LogP contribution in [0.25, 0.3) is 11.3 Å². The fraction of sp³-hybridized carbons (Fsp3) is 0.286. The highest BCUT2D eigenvalue weighted by Gasteiger charge is 2.16. The highest BCUT2D eigenvalue weighted by atomic mass is 16.5. The maximum absolute atomic E-state index is 11.5. The number of aromatic amines is 1. The number of H-pyrrole nitrogens is 1. The van der Waals surface area contributed by atoms with Crippen LogP contribution in [0.5, 0.6) is 11.5 Å². The van der Waals surface area contributed by atoms with Gasteiger partial charge in [0.25, 0.3) is 0 Å². The van der Waals surface area contributed by atoms with Gasteiger partial charge in [-0.05, 0) is 25.6 Å². The lowest BCUT2D eigenvalue weighted by Gasteiger charge is -2.14. The lowest BCUT2D eigenvalue weighted by Crippen LogP contribution is -2.33. The number of hydrogen-bond acceptors (Lipinski definition) is 9. The lowest BCUT2D eigenvalue weighted by molar-refractivity contribution is -0.120. The van der Waals surface area contributed by atoms with Crippen molar-refractivity contribution in [2.75, 3.05) is 39.2 Å². The van der Waals surface area contributed by atoms with Crippen LogP contribution in [0.15, 0.2) is 36.7 Å². The third-order valence-corrected chi connectivity index (χ3v) is 4.32. The van der Waals surface area contributed by atoms with Crippen LogP contribution in [-0.4, -0.2) is 59.9 Å². The van der Waals surface area contributed by atoms with Gasteiger partial charge in [0, 0.05) is 12.6 Å². The minimum absolute atomic E-state index is 0.0565. The maximum Gasteiger partial charge on any atom is 0.233 e. The summed E-state index contributed by atoms with van der Waals surface area (Å²) < 4.78 is 11.5. The van der Waals surface area contributed by atoms with Gasteiger partial charge >= 0.3 is 0 Å². The van der Waals surface area contributed by atoms with E-state index in [1.54, 1.807) is 20.2 Å². The quantitative estimate of drug-likeness (QED) is 0.329. The number of rotatable bonds is 11. The van der Waals surface area contributed by atoms with Crippen molar-refractivity contribution in [1.29, 1.82) is 5.26 Å². The fourth-order valence-electron chi connectivity index (χ4n) is 2.87. The second-order valence-corrected chi connectivity index (χ2v) is 6.61. The van der Waals surface area contributed by atoms with Gasteiger partial charge in [-0.15, -0.1) is 0 Å². The smallest absolute Gasteiger partial charge is 0.233 e. The molecule has 1 amide bonds. The number of amides is 1. The van der Waals surface area contributed by atoms with Crippen LogP contribution in [-0.2, 0) is 4.79 Å². The first kappa shape index (κ1) is 22.5. The van der Waals surface area contributed by atoms with Crippen LogP contribution < -0.4 is 25.4 Å². The number of carbonyl (C=O) groups excluding carboxylic acids is 1. The van der Waals surface area contributed by atoms with E-state index < -0.39 is 0 Å². The summed E-state index contributed by atoms with van der Waals surface area (Å²) in [6, 6.07) is 9.24. The summed E-state index contributed by atoms with van der Waals surface area (Å²) in [6.45, 7) is 1.22. The standard InChI is InChI=1S/C21H24N8O3/c1-23-13-20(30)24-7-4-8-32-17-6-3-5-16(31-2)21(17)15-9-18(29-28-15)27-19-12-25-14(10-22)11-26-19/h3,5-6,9,11-12,23H,4,7-8,13H2,1-2H3,(H,24,30)(H2,26,27,28,29). The monoisotopic (exact) mass is 436 g/mol. The molecule has 4 N–H and O–H groups in total. The molecule has 3 rings (SSSR count). The number of carbonyl (C=O) groups is 1. The summed E-state index contributed by atoms with van der Waals surface area (Å²) >= 11 is 0. The zero-order valence-corrected chi connectivity index (χ0v) is 17.8. The van der Waals surface area contributed by atoms with Gasteiger partial charge in [-0.1, -0.05) is 6.07 Å². The molecule has 0 atom stereocenters. The van der Waals surface area contributed by atoms with Gasteiger partial charge in [0.05, 0.1) is 43.9 Å². The maximum atomic E-state index is 11.5. The largest absolute Gasteiger partial charge is 0.496 e. The Morgan fingerprint density at radius 2 is 2.06 bits per heavy atom. The minimum Gasteiger partial charge on any atom is -0.496 e. The Labute approximate surface area is 185 Å². The molecule has 166 valence electrons. The van der Waals surface area contributed by atoms with Crippen molar-refractivity contribution >= 4 is 17.5 Å². The number of likely N-dealkylation sites (N-methyl/N-ethyl adjacent to an activating group) is 1. The van der Waals surface area contributed by atoms with Gasteiger partial charge in [0.1, 0.15) is 23.4 Å². The Hall–Kier alpha value is -4.17. The molecule has 0 saturated carbocycles. The van der Waals surface area contributed by atoms with E-state index in [2.05, 4.69) is 36.1 Å². The molecular formula is C21H24N8O3. The number of benzene rings is 1. The molecule has 0 fully saturated rings. The number of nitrogens with one attached hydrogen (secondary N) is 4. The van der Waals surface area contributed by atoms with Crippen molar-refractivity contribution in [2.24, 2.45) is 0 Å².